The van der Waals surface area contributed by atoms with Gasteiger partial charge in [-0.05, 0) is 73.0 Å². The van der Waals surface area contributed by atoms with Crippen molar-refractivity contribution in [1.29, 1.82) is 0 Å². The van der Waals surface area contributed by atoms with Gasteiger partial charge in [0.05, 0.1) is 0 Å². The Labute approximate surface area is 221 Å². The molecule has 0 spiro atoms. The number of rotatable bonds is 6. The minimum absolute atomic E-state index is 0.358. The van der Waals surface area contributed by atoms with Gasteiger partial charge < -0.3 is 14.6 Å². The lowest BCUT2D eigenvalue weighted by Gasteiger charge is -2.33. The fourth-order valence-electron chi connectivity index (χ4n) is 5.29. The van der Waals surface area contributed by atoms with Gasteiger partial charge in [0, 0.05) is 59.5 Å². The van der Waals surface area contributed by atoms with E-state index in [0.717, 1.165) is 48.3 Å². The summed E-state index contributed by atoms with van der Waals surface area (Å²) in [6.07, 6.45) is 5.78. The molecule has 0 bridgehead atoms. The summed E-state index contributed by atoms with van der Waals surface area (Å²) in [6, 6.07) is 31.2. The molecule has 4 heterocycles. The molecular weight excluding hydrogens is 472 g/mol. The second-order valence-corrected chi connectivity index (χ2v) is 9.61. The first-order valence-corrected chi connectivity index (χ1v) is 12.9. The summed E-state index contributed by atoms with van der Waals surface area (Å²) in [4.78, 5) is 33.4. The summed E-state index contributed by atoms with van der Waals surface area (Å²) in [5.41, 5.74) is 5.72. The van der Waals surface area contributed by atoms with Crippen LogP contribution in [0.15, 0.2) is 109 Å². The number of amides is 1. The number of Topliss-reactive ketones (excluding diaryl/α,β-unsaturated/α-hetero) is 1. The molecule has 2 aromatic carbocycles. The minimum Gasteiger partial charge on any atom is -0.371 e. The minimum atomic E-state index is -0.657. The highest BCUT2D eigenvalue weighted by Crippen LogP contribution is 2.31. The SMILES string of the molecule is O=C(Nc1ccc(N2CCC(c3ccccn3)CC2)cc1)C(=O)c1c(-c2ccccc2)cc2ccccn12. The quantitative estimate of drug-likeness (QED) is 0.222. The number of aromatic nitrogens is 2. The first-order valence-electron chi connectivity index (χ1n) is 12.9. The maximum Gasteiger partial charge on any atom is 0.298 e. The van der Waals surface area contributed by atoms with Crippen LogP contribution in [-0.2, 0) is 4.79 Å². The molecule has 6 nitrogen and oxygen atoms in total. The molecule has 6 heteroatoms. The van der Waals surface area contributed by atoms with Crippen LogP contribution in [0.4, 0.5) is 11.4 Å². The third kappa shape index (κ3) is 4.68. The van der Waals surface area contributed by atoms with E-state index in [-0.39, 0.29) is 0 Å². The summed E-state index contributed by atoms with van der Waals surface area (Å²) in [7, 11) is 0. The van der Waals surface area contributed by atoms with Gasteiger partial charge in [0.1, 0.15) is 5.69 Å². The molecule has 3 aromatic heterocycles. The summed E-state index contributed by atoms with van der Waals surface area (Å²) < 4.78 is 1.78. The van der Waals surface area contributed by atoms with Gasteiger partial charge in [0.25, 0.3) is 11.7 Å². The number of pyridine rings is 2. The second kappa shape index (κ2) is 10.3. The van der Waals surface area contributed by atoms with Crippen molar-refractivity contribution >= 4 is 28.6 Å². The average molecular weight is 501 g/mol. The molecular formula is C32H28N4O2. The number of fused-ring (bicyclic) bond motifs is 1. The van der Waals surface area contributed by atoms with E-state index in [9.17, 15) is 9.59 Å². The summed E-state index contributed by atoms with van der Waals surface area (Å²) in [6.45, 7) is 1.91. The predicted molar refractivity (Wildman–Crippen MR) is 151 cm³/mol. The number of carbonyl (C=O) groups excluding carboxylic acids is 2. The Hall–Kier alpha value is -4.71. The number of carbonyl (C=O) groups is 2. The second-order valence-electron chi connectivity index (χ2n) is 9.61. The Morgan fingerprint density at radius 3 is 2.29 bits per heavy atom. The molecule has 0 atom stereocenters. The lowest BCUT2D eigenvalue weighted by molar-refractivity contribution is -0.112. The molecule has 0 radical (unpaired) electrons. The summed E-state index contributed by atoms with van der Waals surface area (Å²) >= 11 is 0. The number of anilines is 2. The first kappa shape index (κ1) is 23.7. The zero-order chi connectivity index (χ0) is 25.9. The molecule has 1 amide bonds. The zero-order valence-corrected chi connectivity index (χ0v) is 21.0. The predicted octanol–water partition coefficient (Wildman–Crippen LogP) is 6.21. The summed E-state index contributed by atoms with van der Waals surface area (Å²) in [5.74, 6) is -0.742. The van der Waals surface area contributed by atoms with Crippen LogP contribution < -0.4 is 10.2 Å². The van der Waals surface area contributed by atoms with Gasteiger partial charge >= 0.3 is 0 Å². The third-order valence-electron chi connectivity index (χ3n) is 7.28. The maximum absolute atomic E-state index is 13.4. The molecule has 0 saturated carbocycles. The van der Waals surface area contributed by atoms with Crippen LogP contribution >= 0.6 is 0 Å². The van der Waals surface area contributed by atoms with Crippen molar-refractivity contribution in [3.05, 3.63) is 121 Å². The Morgan fingerprint density at radius 2 is 1.55 bits per heavy atom. The van der Waals surface area contributed by atoms with Crippen molar-refractivity contribution in [2.75, 3.05) is 23.3 Å². The monoisotopic (exact) mass is 500 g/mol. The van der Waals surface area contributed by atoms with Crippen LogP contribution in [0, 0.1) is 0 Å². The Morgan fingerprint density at radius 1 is 0.816 bits per heavy atom. The van der Waals surface area contributed by atoms with Crippen molar-refractivity contribution in [1.82, 2.24) is 9.38 Å². The van der Waals surface area contributed by atoms with Crippen LogP contribution in [0.25, 0.3) is 16.6 Å². The van der Waals surface area contributed by atoms with E-state index in [1.807, 2.05) is 103 Å². The molecule has 1 aliphatic rings. The molecule has 5 aromatic rings. The molecule has 1 aliphatic heterocycles. The van der Waals surface area contributed by atoms with E-state index in [2.05, 4.69) is 21.3 Å². The number of hydrogen-bond donors (Lipinski definition) is 1. The molecule has 0 unspecified atom stereocenters. The highest BCUT2D eigenvalue weighted by Gasteiger charge is 2.25. The highest BCUT2D eigenvalue weighted by atomic mass is 16.2. The summed E-state index contributed by atoms with van der Waals surface area (Å²) in [5, 5.41) is 2.80. The number of ketones is 1. The fourth-order valence-corrected chi connectivity index (χ4v) is 5.29. The standard InChI is InChI=1S/C32H28N4O2/c37-31(30-28(23-8-2-1-3-9-23)22-27-10-5-7-19-36(27)30)32(38)34-25-12-14-26(15-13-25)35-20-16-24(17-21-35)29-11-4-6-18-33-29/h1-15,18-19,22,24H,16-17,20-21H2,(H,34,38). The molecule has 188 valence electrons. The normalized spacial score (nSPS) is 13.9. The van der Waals surface area contributed by atoms with Gasteiger partial charge in [-0.3, -0.25) is 14.6 Å². The largest absolute Gasteiger partial charge is 0.371 e. The van der Waals surface area contributed by atoms with Crippen molar-refractivity contribution in [3.8, 4) is 11.1 Å². The van der Waals surface area contributed by atoms with Gasteiger partial charge in [-0.1, -0.05) is 42.5 Å². The van der Waals surface area contributed by atoms with E-state index in [1.54, 1.807) is 4.40 Å². The van der Waals surface area contributed by atoms with Crippen LogP contribution in [0.5, 0.6) is 0 Å². The molecule has 0 aliphatic carbocycles. The number of benzene rings is 2. The van der Waals surface area contributed by atoms with E-state index >= 15 is 0 Å². The Kier molecular flexibility index (Phi) is 6.44. The Bertz CT molecular complexity index is 1570. The Balaban J connectivity index is 1.16. The molecule has 1 N–H and O–H groups in total. The van der Waals surface area contributed by atoms with Gasteiger partial charge in [0.15, 0.2) is 0 Å². The molecule has 38 heavy (non-hydrogen) atoms. The van der Waals surface area contributed by atoms with E-state index in [1.165, 1.54) is 5.69 Å². The lowest BCUT2D eigenvalue weighted by Crippen LogP contribution is -2.33. The van der Waals surface area contributed by atoms with Crippen molar-refractivity contribution < 1.29 is 9.59 Å². The van der Waals surface area contributed by atoms with Crippen LogP contribution in [0.2, 0.25) is 0 Å². The van der Waals surface area contributed by atoms with Crippen molar-refractivity contribution in [2.45, 2.75) is 18.8 Å². The number of piperidine rings is 1. The fraction of sp³-hybridized carbons (Fsp3) is 0.156. The topological polar surface area (TPSA) is 66.7 Å². The van der Waals surface area contributed by atoms with Crippen molar-refractivity contribution in [2.24, 2.45) is 0 Å². The van der Waals surface area contributed by atoms with E-state index in [0.29, 0.717) is 17.3 Å². The van der Waals surface area contributed by atoms with Gasteiger partial charge in [-0.25, -0.2) is 0 Å². The first-order chi connectivity index (χ1) is 18.7. The van der Waals surface area contributed by atoms with Crippen LogP contribution in [-0.4, -0.2) is 34.2 Å². The zero-order valence-electron chi connectivity index (χ0n) is 21.0. The van der Waals surface area contributed by atoms with Crippen LogP contribution in [0.1, 0.15) is 34.9 Å². The number of nitrogens with one attached hydrogen (secondary N) is 1. The number of hydrogen-bond acceptors (Lipinski definition) is 4. The van der Waals surface area contributed by atoms with Gasteiger partial charge in [-0.2, -0.15) is 0 Å². The molecule has 1 fully saturated rings. The van der Waals surface area contributed by atoms with Crippen molar-refractivity contribution in [3.63, 3.8) is 0 Å². The third-order valence-corrected chi connectivity index (χ3v) is 7.28. The van der Waals surface area contributed by atoms with Crippen LogP contribution in [0.3, 0.4) is 0 Å². The van der Waals surface area contributed by atoms with E-state index < -0.39 is 11.7 Å². The molecule has 6 rings (SSSR count). The van der Waals surface area contributed by atoms with E-state index in [4.69, 9.17) is 0 Å². The maximum atomic E-state index is 13.4. The molecule has 1 saturated heterocycles. The lowest BCUT2D eigenvalue weighted by atomic mass is 9.93. The smallest absolute Gasteiger partial charge is 0.298 e. The highest BCUT2D eigenvalue weighted by molar-refractivity contribution is 6.47. The number of nitrogens with zero attached hydrogens (tertiary/aromatic N) is 3. The average Bonchev–Trinajstić information content (AvgIpc) is 3.38. The van der Waals surface area contributed by atoms with Gasteiger partial charge in [0.2, 0.25) is 0 Å². The van der Waals surface area contributed by atoms with Gasteiger partial charge in [-0.15, -0.1) is 0 Å².